The molecule has 0 unspecified atom stereocenters. The Hall–Kier alpha value is -1.98. The second-order valence-corrected chi connectivity index (χ2v) is 10.9. The molecule has 1 aromatic carbocycles. The number of halogens is 3. The molecule has 33 heavy (non-hydrogen) atoms. The van der Waals surface area contributed by atoms with Gasteiger partial charge in [0.2, 0.25) is 11.8 Å². The highest BCUT2D eigenvalue weighted by Crippen LogP contribution is 2.60. The van der Waals surface area contributed by atoms with E-state index in [9.17, 15) is 24.0 Å². The molecule has 3 fully saturated rings. The number of alkyl halides is 2. The van der Waals surface area contributed by atoms with Gasteiger partial charge in [-0.3, -0.25) is 34.9 Å². The van der Waals surface area contributed by atoms with E-state index in [4.69, 9.17) is 16.3 Å². The van der Waals surface area contributed by atoms with Crippen molar-refractivity contribution in [2.45, 2.75) is 29.0 Å². The fraction of sp³-hybridized carbons (Fsp3) is 0.476. The number of hydrogen-bond acceptors (Lipinski definition) is 6. The quantitative estimate of drug-likeness (QED) is 0.229. The SMILES string of the molecule is C[C@H](C(=O)OCC(=O)NNC(=O)c1ccc(Cl)cc1)N1C(=O)[C@@H]2[C@H]3C[C@@H]([C@@H](Br)[C@H]3Br)[C@H]2C1=O. The highest BCUT2D eigenvalue weighted by atomic mass is 79.9. The molecule has 0 aromatic heterocycles. The highest BCUT2D eigenvalue weighted by Gasteiger charge is 2.67. The molecule has 2 aliphatic carbocycles. The van der Waals surface area contributed by atoms with E-state index < -0.39 is 42.3 Å². The van der Waals surface area contributed by atoms with Crippen molar-refractivity contribution >= 4 is 73.1 Å². The number of likely N-dealkylation sites (tertiary alicyclic amines) is 1. The first-order valence-corrected chi connectivity index (χ1v) is 12.5. The second-order valence-electron chi connectivity index (χ2n) is 8.34. The van der Waals surface area contributed by atoms with E-state index in [2.05, 4.69) is 42.7 Å². The minimum Gasteiger partial charge on any atom is -0.454 e. The average Bonchev–Trinajstić information content (AvgIpc) is 3.40. The van der Waals surface area contributed by atoms with Gasteiger partial charge in [-0.05, 0) is 49.4 Å². The van der Waals surface area contributed by atoms with Crippen LogP contribution >= 0.6 is 43.5 Å². The largest absolute Gasteiger partial charge is 0.454 e. The zero-order valence-corrected chi connectivity index (χ0v) is 21.2. The van der Waals surface area contributed by atoms with Gasteiger partial charge in [0.15, 0.2) is 6.61 Å². The second kappa shape index (κ2) is 9.34. The molecular formula is C21H20Br2ClN3O6. The highest BCUT2D eigenvalue weighted by molar-refractivity contribution is 9.12. The van der Waals surface area contributed by atoms with E-state index in [-0.39, 0.29) is 38.9 Å². The predicted molar refractivity (Wildman–Crippen MR) is 123 cm³/mol. The van der Waals surface area contributed by atoms with Gasteiger partial charge in [0.25, 0.3) is 11.8 Å². The van der Waals surface area contributed by atoms with E-state index >= 15 is 0 Å². The number of fused-ring (bicyclic) bond motifs is 5. The van der Waals surface area contributed by atoms with E-state index in [0.29, 0.717) is 5.02 Å². The zero-order valence-electron chi connectivity index (χ0n) is 17.3. The summed E-state index contributed by atoms with van der Waals surface area (Å²) in [4.78, 5) is 63.5. The monoisotopic (exact) mass is 603 g/mol. The number of hydrogen-bond donors (Lipinski definition) is 2. The Balaban J connectivity index is 1.29. The normalized spacial score (nSPS) is 30.7. The molecule has 1 saturated heterocycles. The summed E-state index contributed by atoms with van der Waals surface area (Å²) in [6.07, 6.45) is 0.785. The molecule has 7 atom stereocenters. The summed E-state index contributed by atoms with van der Waals surface area (Å²) >= 11 is 13.0. The molecule has 0 radical (unpaired) electrons. The van der Waals surface area contributed by atoms with Crippen LogP contribution in [-0.2, 0) is 23.9 Å². The van der Waals surface area contributed by atoms with E-state index in [1.165, 1.54) is 31.2 Å². The van der Waals surface area contributed by atoms with Crippen LogP contribution in [0.5, 0.6) is 0 Å². The van der Waals surface area contributed by atoms with Crippen molar-refractivity contribution < 1.29 is 28.7 Å². The van der Waals surface area contributed by atoms with Gasteiger partial charge in [-0.1, -0.05) is 43.5 Å². The van der Waals surface area contributed by atoms with Crippen molar-refractivity contribution in [3.63, 3.8) is 0 Å². The number of rotatable bonds is 5. The smallest absolute Gasteiger partial charge is 0.329 e. The summed E-state index contributed by atoms with van der Waals surface area (Å²) in [7, 11) is 0. The van der Waals surface area contributed by atoms with Crippen LogP contribution in [0.15, 0.2) is 24.3 Å². The number of hydrazine groups is 1. The third kappa shape index (κ3) is 4.30. The van der Waals surface area contributed by atoms with Gasteiger partial charge >= 0.3 is 5.97 Å². The van der Waals surface area contributed by atoms with Crippen molar-refractivity contribution in [2.24, 2.45) is 23.7 Å². The standard InChI is InChI=1S/C21H20Br2ClN3O6/c1-8(27-19(30)14-11-6-12(15(14)20(27)31)17(23)16(11)22)21(32)33-7-13(28)25-26-18(29)9-2-4-10(24)5-3-9/h2-5,8,11-12,14-17H,6-7H2,1H3,(H,25,28)(H,26,29)/t8-,11-,12-,14-,15-,16-,17+/m1/s1. The van der Waals surface area contributed by atoms with Crippen LogP contribution in [0.3, 0.4) is 0 Å². The van der Waals surface area contributed by atoms with Gasteiger partial charge in [-0.2, -0.15) is 0 Å². The third-order valence-corrected chi connectivity index (χ3v) is 9.98. The van der Waals surface area contributed by atoms with Crippen LogP contribution in [0, 0.1) is 23.7 Å². The summed E-state index contributed by atoms with van der Waals surface area (Å²) in [5, 5.41) is 0.460. The number of nitrogens with one attached hydrogen (secondary N) is 2. The van der Waals surface area contributed by atoms with Gasteiger partial charge in [-0.15, -0.1) is 0 Å². The minimum atomic E-state index is -1.16. The molecule has 0 spiro atoms. The lowest BCUT2D eigenvalue weighted by Gasteiger charge is -2.28. The van der Waals surface area contributed by atoms with E-state index in [1.54, 1.807) is 0 Å². The molecule has 9 nitrogen and oxygen atoms in total. The number of carbonyl (C=O) groups is 5. The third-order valence-electron chi connectivity index (χ3n) is 6.52. The van der Waals surface area contributed by atoms with Crippen molar-refractivity contribution in [3.05, 3.63) is 34.9 Å². The Bertz CT molecular complexity index is 990. The summed E-state index contributed by atoms with van der Waals surface area (Å²) in [6.45, 7) is 0.712. The van der Waals surface area contributed by atoms with Crippen LogP contribution < -0.4 is 10.9 Å². The fourth-order valence-corrected chi connectivity index (χ4v) is 6.95. The van der Waals surface area contributed by atoms with Crippen LogP contribution in [-0.4, -0.2) is 56.8 Å². The topological polar surface area (TPSA) is 122 Å². The number of nitrogens with zero attached hydrogens (tertiary/aromatic N) is 1. The summed E-state index contributed by atoms with van der Waals surface area (Å²) < 4.78 is 4.98. The number of ether oxygens (including phenoxy) is 1. The average molecular weight is 606 g/mol. The van der Waals surface area contributed by atoms with E-state index in [0.717, 1.165) is 11.3 Å². The van der Waals surface area contributed by atoms with Crippen molar-refractivity contribution in [1.29, 1.82) is 0 Å². The lowest BCUT2D eigenvalue weighted by atomic mass is 9.81. The first kappa shape index (κ1) is 24.2. The Kier molecular flexibility index (Phi) is 6.84. The van der Waals surface area contributed by atoms with Crippen molar-refractivity contribution in [1.82, 2.24) is 15.8 Å². The van der Waals surface area contributed by atoms with Gasteiger partial charge in [0.05, 0.1) is 11.8 Å². The number of carbonyl (C=O) groups excluding carboxylic acids is 5. The molecule has 4 rings (SSSR count). The number of benzene rings is 1. The van der Waals surface area contributed by atoms with Crippen molar-refractivity contribution in [3.8, 4) is 0 Å². The van der Waals surface area contributed by atoms with Gasteiger partial charge < -0.3 is 4.74 Å². The van der Waals surface area contributed by atoms with Crippen LogP contribution in [0.25, 0.3) is 0 Å². The fourth-order valence-electron chi connectivity index (χ4n) is 4.95. The predicted octanol–water partition coefficient (Wildman–Crippen LogP) is 1.81. The first-order chi connectivity index (χ1) is 15.6. The molecule has 1 heterocycles. The molecule has 12 heteroatoms. The zero-order chi connectivity index (χ0) is 24.0. The molecule has 2 saturated carbocycles. The molecule has 1 aliphatic heterocycles. The Morgan fingerprint density at radius 3 is 2.15 bits per heavy atom. The molecule has 3 aliphatic rings. The maximum absolute atomic E-state index is 13.0. The maximum Gasteiger partial charge on any atom is 0.329 e. The maximum atomic E-state index is 13.0. The molecule has 1 aromatic rings. The lowest BCUT2D eigenvalue weighted by Crippen LogP contribution is -2.47. The first-order valence-electron chi connectivity index (χ1n) is 10.3. The van der Waals surface area contributed by atoms with Gasteiger partial charge in [-0.25, -0.2) is 4.79 Å². The number of imide groups is 1. The van der Waals surface area contributed by atoms with Crippen LogP contribution in [0.4, 0.5) is 0 Å². The molecule has 2 N–H and O–H groups in total. The van der Waals surface area contributed by atoms with Crippen molar-refractivity contribution in [2.75, 3.05) is 6.61 Å². The molecule has 2 bridgehead atoms. The molecular weight excluding hydrogens is 586 g/mol. The van der Waals surface area contributed by atoms with Crippen LogP contribution in [0.2, 0.25) is 5.02 Å². The lowest BCUT2D eigenvalue weighted by molar-refractivity contribution is -0.160. The minimum absolute atomic E-state index is 0.0316. The Labute approximate surface area is 211 Å². The molecule has 4 amide bonds. The summed E-state index contributed by atoms with van der Waals surface area (Å²) in [6, 6.07) is 4.85. The number of esters is 1. The Morgan fingerprint density at radius 1 is 1.06 bits per heavy atom. The van der Waals surface area contributed by atoms with Gasteiger partial charge in [0.1, 0.15) is 6.04 Å². The molecule has 176 valence electrons. The van der Waals surface area contributed by atoms with Gasteiger partial charge in [0, 0.05) is 20.2 Å². The summed E-state index contributed by atoms with van der Waals surface area (Å²) in [5.74, 6) is -3.80. The Morgan fingerprint density at radius 2 is 1.61 bits per heavy atom. The van der Waals surface area contributed by atoms with E-state index in [1.807, 2.05) is 0 Å². The van der Waals surface area contributed by atoms with Crippen LogP contribution in [0.1, 0.15) is 23.7 Å². The number of amides is 4. The summed E-state index contributed by atoms with van der Waals surface area (Å²) in [5.41, 5.74) is 4.59.